The number of carbonyl (C=O) groups excluding carboxylic acids is 2. The van der Waals surface area contributed by atoms with Crippen LogP contribution >= 0.6 is 0 Å². The number of carbonyl (C=O) groups is 2. The largest absolute Gasteiger partial charge is 0.339 e. The van der Waals surface area contributed by atoms with Gasteiger partial charge in [0, 0.05) is 55.7 Å². The third-order valence-electron chi connectivity index (χ3n) is 6.13. The molecule has 2 saturated heterocycles. The number of hydrogen-bond donors (Lipinski definition) is 1. The smallest absolute Gasteiger partial charge is 0.253 e. The van der Waals surface area contributed by atoms with Crippen LogP contribution in [0, 0.1) is 5.92 Å². The monoisotopic (exact) mass is 456 g/mol. The fourth-order valence-electron chi connectivity index (χ4n) is 4.25. The molecule has 9 heteroatoms. The number of sulfonamides is 1. The minimum atomic E-state index is -3.59. The molecule has 8 nitrogen and oxygen atoms in total. The van der Waals surface area contributed by atoms with Gasteiger partial charge in [0.1, 0.15) is 0 Å². The number of rotatable bonds is 5. The van der Waals surface area contributed by atoms with Gasteiger partial charge >= 0.3 is 0 Å². The van der Waals surface area contributed by atoms with E-state index in [0.717, 1.165) is 19.3 Å². The second-order valence-electron chi connectivity index (χ2n) is 8.28. The molecule has 2 fully saturated rings. The summed E-state index contributed by atoms with van der Waals surface area (Å²) in [4.78, 5) is 31.3. The van der Waals surface area contributed by atoms with Crippen LogP contribution in [0.3, 0.4) is 0 Å². The molecule has 0 atom stereocenters. The summed E-state index contributed by atoms with van der Waals surface area (Å²) in [5, 5.41) is 2.89. The molecule has 0 bridgehead atoms. The van der Waals surface area contributed by atoms with Crippen LogP contribution in [-0.4, -0.2) is 60.6 Å². The summed E-state index contributed by atoms with van der Waals surface area (Å²) in [7, 11) is -3.59. The zero-order chi connectivity index (χ0) is 22.6. The Hall–Kier alpha value is -2.78. The zero-order valence-corrected chi connectivity index (χ0v) is 18.8. The number of aromatic nitrogens is 1. The Labute approximate surface area is 188 Å². The first-order valence-electron chi connectivity index (χ1n) is 11.1. The number of nitrogens with one attached hydrogen (secondary N) is 1. The Morgan fingerprint density at radius 2 is 1.62 bits per heavy atom. The highest BCUT2D eigenvalue weighted by molar-refractivity contribution is 7.89. The van der Waals surface area contributed by atoms with Crippen molar-refractivity contribution < 1.29 is 18.0 Å². The van der Waals surface area contributed by atoms with Gasteiger partial charge in [0.15, 0.2) is 0 Å². The predicted molar refractivity (Wildman–Crippen MR) is 121 cm³/mol. The molecule has 3 heterocycles. The summed E-state index contributed by atoms with van der Waals surface area (Å²) in [6.45, 7) is 1.96. The normalized spacial score (nSPS) is 18.3. The van der Waals surface area contributed by atoms with Gasteiger partial charge in [-0.1, -0.05) is 12.5 Å². The first-order chi connectivity index (χ1) is 15.4. The van der Waals surface area contributed by atoms with Crippen molar-refractivity contribution >= 4 is 27.5 Å². The second-order valence-corrected chi connectivity index (χ2v) is 10.2. The van der Waals surface area contributed by atoms with Crippen molar-refractivity contribution in [3.63, 3.8) is 0 Å². The summed E-state index contributed by atoms with van der Waals surface area (Å²) in [5.74, 6) is -0.426. The summed E-state index contributed by atoms with van der Waals surface area (Å²) in [6.07, 6.45) is 7.14. The molecule has 1 aromatic heterocycles. The van der Waals surface area contributed by atoms with Crippen LogP contribution in [0.15, 0.2) is 53.7 Å². The molecule has 32 heavy (non-hydrogen) atoms. The van der Waals surface area contributed by atoms with Gasteiger partial charge in [-0.05, 0) is 56.0 Å². The second kappa shape index (κ2) is 9.79. The standard InChI is InChI=1S/C23H28N4O4S/c28-22(25-20-7-11-24-12-8-20)18-9-15-26(16-10-18)23(29)19-5-4-6-21(17-19)32(30,31)27-13-2-1-3-14-27/h4-8,11-12,17-18H,1-3,9-10,13-16H2,(H,24,25,28). The fraction of sp³-hybridized carbons (Fsp3) is 0.435. The summed E-state index contributed by atoms with van der Waals surface area (Å²) in [5.41, 5.74) is 1.07. The van der Waals surface area contributed by atoms with Crippen molar-refractivity contribution in [3.8, 4) is 0 Å². The highest BCUT2D eigenvalue weighted by Gasteiger charge is 2.30. The molecule has 1 aromatic carbocycles. The van der Waals surface area contributed by atoms with E-state index >= 15 is 0 Å². The van der Waals surface area contributed by atoms with Crippen LogP contribution in [0.2, 0.25) is 0 Å². The third-order valence-corrected chi connectivity index (χ3v) is 8.03. The van der Waals surface area contributed by atoms with Crippen LogP contribution in [0.1, 0.15) is 42.5 Å². The maximum atomic E-state index is 13.0. The van der Waals surface area contributed by atoms with E-state index in [1.165, 1.54) is 10.4 Å². The number of likely N-dealkylation sites (tertiary alicyclic amines) is 1. The summed E-state index contributed by atoms with van der Waals surface area (Å²) >= 11 is 0. The Morgan fingerprint density at radius 1 is 0.938 bits per heavy atom. The van der Waals surface area contributed by atoms with E-state index in [0.29, 0.717) is 50.3 Å². The maximum Gasteiger partial charge on any atom is 0.253 e. The lowest BCUT2D eigenvalue weighted by Gasteiger charge is -2.31. The minimum absolute atomic E-state index is 0.0575. The average Bonchev–Trinajstić information content (AvgIpc) is 2.85. The molecule has 1 N–H and O–H groups in total. The maximum absolute atomic E-state index is 13.0. The third kappa shape index (κ3) is 4.99. The number of anilines is 1. The Bertz CT molecular complexity index is 1060. The molecule has 2 aliphatic rings. The lowest BCUT2D eigenvalue weighted by atomic mass is 9.95. The molecule has 4 rings (SSSR count). The number of piperidine rings is 2. The molecule has 0 saturated carbocycles. The molecule has 2 amide bonds. The van der Waals surface area contributed by atoms with E-state index in [4.69, 9.17) is 0 Å². The summed E-state index contributed by atoms with van der Waals surface area (Å²) in [6, 6.07) is 9.78. The van der Waals surface area contributed by atoms with E-state index in [-0.39, 0.29) is 22.6 Å². The molecule has 0 unspecified atom stereocenters. The number of nitrogens with zero attached hydrogens (tertiary/aromatic N) is 3. The van der Waals surface area contributed by atoms with Crippen molar-refractivity contribution in [1.29, 1.82) is 0 Å². The lowest BCUT2D eigenvalue weighted by Crippen LogP contribution is -2.41. The van der Waals surface area contributed by atoms with Crippen LogP contribution in [-0.2, 0) is 14.8 Å². The van der Waals surface area contributed by atoms with E-state index in [9.17, 15) is 18.0 Å². The highest BCUT2D eigenvalue weighted by atomic mass is 32.2. The van der Waals surface area contributed by atoms with Crippen LogP contribution < -0.4 is 5.32 Å². The van der Waals surface area contributed by atoms with E-state index in [1.54, 1.807) is 47.6 Å². The van der Waals surface area contributed by atoms with Gasteiger partial charge < -0.3 is 10.2 Å². The zero-order valence-electron chi connectivity index (χ0n) is 17.9. The first-order valence-corrected chi connectivity index (χ1v) is 12.5. The van der Waals surface area contributed by atoms with E-state index in [1.807, 2.05) is 0 Å². The highest BCUT2D eigenvalue weighted by Crippen LogP contribution is 2.24. The van der Waals surface area contributed by atoms with Crippen molar-refractivity contribution in [2.45, 2.75) is 37.0 Å². The molecule has 2 aliphatic heterocycles. The molecule has 170 valence electrons. The van der Waals surface area contributed by atoms with Gasteiger partial charge in [-0.3, -0.25) is 14.6 Å². The van der Waals surface area contributed by atoms with Gasteiger partial charge in [0.05, 0.1) is 4.90 Å². The number of benzene rings is 1. The Balaban J connectivity index is 1.38. The van der Waals surface area contributed by atoms with Crippen molar-refractivity contribution in [1.82, 2.24) is 14.2 Å². The van der Waals surface area contributed by atoms with Crippen molar-refractivity contribution in [2.75, 3.05) is 31.5 Å². The van der Waals surface area contributed by atoms with Crippen molar-refractivity contribution in [3.05, 3.63) is 54.4 Å². The molecule has 0 aliphatic carbocycles. The van der Waals surface area contributed by atoms with Crippen LogP contribution in [0.25, 0.3) is 0 Å². The van der Waals surface area contributed by atoms with E-state index < -0.39 is 10.0 Å². The number of amides is 2. The Morgan fingerprint density at radius 3 is 2.31 bits per heavy atom. The Kier molecular flexibility index (Phi) is 6.86. The lowest BCUT2D eigenvalue weighted by molar-refractivity contribution is -0.121. The molecule has 0 radical (unpaired) electrons. The molecular formula is C23H28N4O4S. The van der Waals surface area contributed by atoms with Gasteiger partial charge in [0.25, 0.3) is 5.91 Å². The van der Waals surface area contributed by atoms with Crippen molar-refractivity contribution in [2.24, 2.45) is 5.92 Å². The van der Waals surface area contributed by atoms with Gasteiger partial charge in [-0.15, -0.1) is 0 Å². The quantitative estimate of drug-likeness (QED) is 0.746. The fourth-order valence-corrected chi connectivity index (χ4v) is 5.81. The number of pyridine rings is 1. The minimum Gasteiger partial charge on any atom is -0.339 e. The van der Waals surface area contributed by atoms with Gasteiger partial charge in [-0.25, -0.2) is 8.42 Å². The van der Waals surface area contributed by atoms with Crippen LogP contribution in [0.5, 0.6) is 0 Å². The van der Waals surface area contributed by atoms with Crippen LogP contribution in [0.4, 0.5) is 5.69 Å². The molecule has 2 aromatic rings. The number of hydrogen-bond acceptors (Lipinski definition) is 5. The molecule has 0 spiro atoms. The first kappa shape index (κ1) is 22.4. The SMILES string of the molecule is O=C(Nc1ccncc1)C1CCN(C(=O)c2cccc(S(=O)(=O)N3CCCCC3)c2)CC1. The topological polar surface area (TPSA) is 99.7 Å². The average molecular weight is 457 g/mol. The summed E-state index contributed by atoms with van der Waals surface area (Å²) < 4.78 is 27.4. The molecular weight excluding hydrogens is 428 g/mol. The predicted octanol–water partition coefficient (Wildman–Crippen LogP) is 2.75. The van der Waals surface area contributed by atoms with Gasteiger partial charge in [-0.2, -0.15) is 4.31 Å². The van der Waals surface area contributed by atoms with Gasteiger partial charge in [0.2, 0.25) is 15.9 Å². The van der Waals surface area contributed by atoms with E-state index in [2.05, 4.69) is 10.3 Å².